The van der Waals surface area contributed by atoms with Crippen LogP contribution in [-0.4, -0.2) is 41.7 Å². The van der Waals surface area contributed by atoms with E-state index in [4.69, 9.17) is 10.5 Å². The standard InChI is InChI=1S/C13H21N3O/c1-10-4-3-5-15-13(10)8-16-7-12(6-14)17-9-11(16)2/h3-5,11-12H,6-9,14H2,1-2H3. The van der Waals surface area contributed by atoms with Gasteiger partial charge >= 0.3 is 0 Å². The van der Waals surface area contributed by atoms with E-state index in [2.05, 4.69) is 29.8 Å². The van der Waals surface area contributed by atoms with Crippen molar-refractivity contribution in [1.82, 2.24) is 9.88 Å². The molecule has 2 rings (SSSR count). The Balaban J connectivity index is 2.04. The average Bonchev–Trinajstić information content (AvgIpc) is 2.35. The maximum Gasteiger partial charge on any atom is 0.0824 e. The lowest BCUT2D eigenvalue weighted by molar-refractivity contribution is -0.0571. The molecule has 0 radical (unpaired) electrons. The van der Waals surface area contributed by atoms with Gasteiger partial charge in [0, 0.05) is 31.9 Å². The van der Waals surface area contributed by atoms with E-state index in [9.17, 15) is 0 Å². The van der Waals surface area contributed by atoms with E-state index < -0.39 is 0 Å². The van der Waals surface area contributed by atoms with Gasteiger partial charge in [-0.2, -0.15) is 0 Å². The van der Waals surface area contributed by atoms with Crippen LogP contribution in [0.1, 0.15) is 18.2 Å². The van der Waals surface area contributed by atoms with Gasteiger partial charge in [0.05, 0.1) is 18.4 Å². The van der Waals surface area contributed by atoms with Gasteiger partial charge in [-0.1, -0.05) is 6.07 Å². The molecular formula is C13H21N3O. The molecule has 94 valence electrons. The molecule has 2 N–H and O–H groups in total. The Hall–Kier alpha value is -0.970. The van der Waals surface area contributed by atoms with Gasteiger partial charge < -0.3 is 10.5 Å². The summed E-state index contributed by atoms with van der Waals surface area (Å²) in [4.78, 5) is 6.84. The highest BCUT2D eigenvalue weighted by Gasteiger charge is 2.25. The SMILES string of the molecule is Cc1cccnc1CN1CC(CN)OCC1C. The third-order valence-corrected chi connectivity index (χ3v) is 3.37. The lowest BCUT2D eigenvalue weighted by Crippen LogP contribution is -2.50. The minimum absolute atomic E-state index is 0.162. The number of rotatable bonds is 3. The first kappa shape index (κ1) is 12.5. The summed E-state index contributed by atoms with van der Waals surface area (Å²) >= 11 is 0. The van der Waals surface area contributed by atoms with E-state index in [1.165, 1.54) is 5.56 Å². The normalized spacial score (nSPS) is 26.1. The van der Waals surface area contributed by atoms with Crippen molar-refractivity contribution in [1.29, 1.82) is 0 Å². The molecule has 0 aliphatic carbocycles. The number of hydrogen-bond acceptors (Lipinski definition) is 4. The number of morpholine rings is 1. The largest absolute Gasteiger partial charge is 0.374 e. The molecule has 1 aliphatic heterocycles. The van der Waals surface area contributed by atoms with Gasteiger partial charge in [0.2, 0.25) is 0 Å². The maximum atomic E-state index is 5.67. The van der Waals surface area contributed by atoms with Crippen LogP contribution in [0.4, 0.5) is 0 Å². The Bertz CT molecular complexity index is 369. The Morgan fingerprint density at radius 2 is 2.41 bits per heavy atom. The second kappa shape index (κ2) is 5.58. The second-order valence-corrected chi connectivity index (χ2v) is 4.74. The Kier molecular flexibility index (Phi) is 4.10. The molecule has 1 aliphatic rings. The fourth-order valence-electron chi connectivity index (χ4n) is 2.11. The molecule has 1 aromatic heterocycles. The van der Waals surface area contributed by atoms with Crippen LogP contribution in [0.15, 0.2) is 18.3 Å². The van der Waals surface area contributed by atoms with Crippen molar-refractivity contribution in [2.45, 2.75) is 32.5 Å². The number of pyridine rings is 1. The predicted molar refractivity (Wildman–Crippen MR) is 67.6 cm³/mol. The molecular weight excluding hydrogens is 214 g/mol. The van der Waals surface area contributed by atoms with E-state index in [1.54, 1.807) is 0 Å². The van der Waals surface area contributed by atoms with E-state index >= 15 is 0 Å². The first-order valence-electron chi connectivity index (χ1n) is 6.17. The predicted octanol–water partition coefficient (Wildman–Crippen LogP) is 0.938. The molecule has 0 aromatic carbocycles. The van der Waals surface area contributed by atoms with Crippen LogP contribution >= 0.6 is 0 Å². The average molecular weight is 235 g/mol. The van der Waals surface area contributed by atoms with E-state index in [0.717, 1.165) is 25.4 Å². The molecule has 1 saturated heterocycles. The molecule has 4 heteroatoms. The van der Waals surface area contributed by atoms with Crippen molar-refractivity contribution < 1.29 is 4.74 Å². The number of ether oxygens (including phenoxy) is 1. The van der Waals surface area contributed by atoms with Gasteiger partial charge in [0.25, 0.3) is 0 Å². The summed E-state index contributed by atoms with van der Waals surface area (Å²) in [6.07, 6.45) is 2.02. The van der Waals surface area contributed by atoms with Gasteiger partial charge in [-0.3, -0.25) is 9.88 Å². The molecule has 2 heterocycles. The zero-order chi connectivity index (χ0) is 12.3. The first-order chi connectivity index (χ1) is 8.20. The lowest BCUT2D eigenvalue weighted by Gasteiger charge is -2.37. The highest BCUT2D eigenvalue weighted by atomic mass is 16.5. The second-order valence-electron chi connectivity index (χ2n) is 4.74. The summed E-state index contributed by atoms with van der Waals surface area (Å²) < 4.78 is 5.65. The molecule has 17 heavy (non-hydrogen) atoms. The third-order valence-electron chi connectivity index (χ3n) is 3.37. The van der Waals surface area contributed by atoms with Crippen molar-refractivity contribution in [3.63, 3.8) is 0 Å². The van der Waals surface area contributed by atoms with Crippen molar-refractivity contribution >= 4 is 0 Å². The van der Waals surface area contributed by atoms with Gasteiger partial charge in [0.1, 0.15) is 0 Å². The number of nitrogens with zero attached hydrogens (tertiary/aromatic N) is 2. The third kappa shape index (κ3) is 3.03. The van der Waals surface area contributed by atoms with Crippen LogP contribution in [0, 0.1) is 6.92 Å². The van der Waals surface area contributed by atoms with Crippen LogP contribution in [0.2, 0.25) is 0 Å². The summed E-state index contributed by atoms with van der Waals surface area (Å²) in [6.45, 7) is 7.42. The Labute approximate surface area is 103 Å². The molecule has 0 saturated carbocycles. The summed E-state index contributed by atoms with van der Waals surface area (Å²) in [7, 11) is 0. The summed E-state index contributed by atoms with van der Waals surface area (Å²) in [5.41, 5.74) is 8.06. The fourth-order valence-corrected chi connectivity index (χ4v) is 2.11. The molecule has 2 unspecified atom stereocenters. The van der Waals surface area contributed by atoms with Crippen molar-refractivity contribution in [2.75, 3.05) is 19.7 Å². The number of aryl methyl sites for hydroxylation is 1. The molecule has 2 atom stereocenters. The van der Waals surface area contributed by atoms with Crippen LogP contribution < -0.4 is 5.73 Å². The topological polar surface area (TPSA) is 51.4 Å². The minimum atomic E-state index is 0.162. The van der Waals surface area contributed by atoms with E-state index in [0.29, 0.717) is 12.6 Å². The molecule has 1 fully saturated rings. The van der Waals surface area contributed by atoms with Crippen LogP contribution in [0.25, 0.3) is 0 Å². The summed E-state index contributed by atoms with van der Waals surface area (Å²) in [5.74, 6) is 0. The number of hydrogen-bond donors (Lipinski definition) is 1. The zero-order valence-corrected chi connectivity index (χ0v) is 10.6. The van der Waals surface area contributed by atoms with Crippen LogP contribution in [0.3, 0.4) is 0 Å². The maximum absolute atomic E-state index is 5.67. The van der Waals surface area contributed by atoms with Gasteiger partial charge in [-0.15, -0.1) is 0 Å². The van der Waals surface area contributed by atoms with Crippen molar-refractivity contribution in [3.8, 4) is 0 Å². The van der Waals surface area contributed by atoms with E-state index in [1.807, 2.05) is 12.3 Å². The first-order valence-corrected chi connectivity index (χ1v) is 6.17. The number of nitrogens with two attached hydrogens (primary N) is 1. The Morgan fingerprint density at radius 3 is 3.12 bits per heavy atom. The molecule has 0 bridgehead atoms. The Morgan fingerprint density at radius 1 is 1.59 bits per heavy atom. The van der Waals surface area contributed by atoms with Crippen molar-refractivity contribution in [3.05, 3.63) is 29.6 Å². The highest BCUT2D eigenvalue weighted by molar-refractivity contribution is 5.17. The fraction of sp³-hybridized carbons (Fsp3) is 0.615. The minimum Gasteiger partial charge on any atom is -0.374 e. The molecule has 0 spiro atoms. The summed E-state index contributed by atoms with van der Waals surface area (Å²) in [5, 5.41) is 0. The van der Waals surface area contributed by atoms with Gasteiger partial charge in [0.15, 0.2) is 0 Å². The highest BCUT2D eigenvalue weighted by Crippen LogP contribution is 2.15. The van der Waals surface area contributed by atoms with Crippen LogP contribution in [-0.2, 0) is 11.3 Å². The quantitative estimate of drug-likeness (QED) is 0.847. The van der Waals surface area contributed by atoms with Gasteiger partial charge in [-0.25, -0.2) is 0 Å². The molecule has 1 aromatic rings. The number of aromatic nitrogens is 1. The van der Waals surface area contributed by atoms with Crippen LogP contribution in [0.5, 0.6) is 0 Å². The monoisotopic (exact) mass is 235 g/mol. The summed E-state index contributed by atoms with van der Waals surface area (Å²) in [6, 6.07) is 4.51. The smallest absolute Gasteiger partial charge is 0.0824 e. The lowest BCUT2D eigenvalue weighted by atomic mass is 10.1. The van der Waals surface area contributed by atoms with Crippen molar-refractivity contribution in [2.24, 2.45) is 5.73 Å². The van der Waals surface area contributed by atoms with E-state index in [-0.39, 0.29) is 6.10 Å². The molecule has 0 amide bonds. The van der Waals surface area contributed by atoms with Gasteiger partial charge in [-0.05, 0) is 25.5 Å². The molecule has 4 nitrogen and oxygen atoms in total. The zero-order valence-electron chi connectivity index (χ0n) is 10.6.